The number of nitrogens with one attached hydrogen (secondary N) is 1. The minimum Gasteiger partial charge on any atom is -0.497 e. The topological polar surface area (TPSA) is 189 Å². The number of carbonyl (C=O) groups excluding carboxylic acids is 2. The number of thiazole rings is 1. The summed E-state index contributed by atoms with van der Waals surface area (Å²) >= 11 is 1.27. The lowest BCUT2D eigenvalue weighted by molar-refractivity contribution is 0.0181. The minimum atomic E-state index is -4.52. The number of benzene rings is 5. The Morgan fingerprint density at radius 3 is 1.85 bits per heavy atom. The van der Waals surface area contributed by atoms with Crippen molar-refractivity contribution in [3.63, 3.8) is 0 Å². The van der Waals surface area contributed by atoms with Crippen molar-refractivity contribution in [2.45, 2.75) is 103 Å². The maximum Gasteiger partial charge on any atom is 0.413 e. The van der Waals surface area contributed by atoms with Gasteiger partial charge in [-0.05, 0) is 149 Å². The van der Waals surface area contributed by atoms with Crippen LogP contribution in [0, 0.1) is 5.92 Å². The Morgan fingerprint density at radius 1 is 0.730 bits per heavy atom. The summed E-state index contributed by atoms with van der Waals surface area (Å²) in [6, 6.07) is 31.6. The molecular formula is C55H64N8O9S2. The molecule has 0 atom stereocenters. The molecule has 3 heterocycles. The highest BCUT2D eigenvalue weighted by Crippen LogP contribution is 2.44. The van der Waals surface area contributed by atoms with Gasteiger partial charge in [-0.3, -0.25) is 5.32 Å². The van der Waals surface area contributed by atoms with Gasteiger partial charge in [-0.25, -0.2) is 23.0 Å². The molecule has 0 spiro atoms. The fourth-order valence-corrected chi connectivity index (χ4v) is 11.5. The molecule has 1 aliphatic heterocycles. The Hall–Kier alpha value is -7.09. The zero-order valence-corrected chi connectivity index (χ0v) is 45.0. The summed E-state index contributed by atoms with van der Waals surface area (Å²) in [7, 11) is 0.255. The fraction of sp³-hybridized carbons (Fsp3) is 0.382. The van der Waals surface area contributed by atoms with Crippen LogP contribution in [0.5, 0.6) is 17.2 Å². The molecule has 1 fully saturated rings. The maximum absolute atomic E-state index is 16.4. The van der Waals surface area contributed by atoms with Crippen LogP contribution in [0.25, 0.3) is 32.7 Å². The molecule has 17 nitrogen and oxygen atoms in total. The summed E-state index contributed by atoms with van der Waals surface area (Å²) in [6.07, 6.45) is 1.47. The number of ether oxygens (including phenoxy) is 5. The zero-order valence-electron chi connectivity index (χ0n) is 43.4. The largest absolute Gasteiger partial charge is 0.497 e. The van der Waals surface area contributed by atoms with Crippen LogP contribution in [-0.4, -0.2) is 101 Å². The number of carbonyl (C=O) groups is 2. The van der Waals surface area contributed by atoms with Gasteiger partial charge in [0.05, 0.1) is 48.5 Å². The van der Waals surface area contributed by atoms with E-state index in [9.17, 15) is 9.59 Å². The smallest absolute Gasteiger partial charge is 0.413 e. The van der Waals surface area contributed by atoms with Crippen molar-refractivity contribution in [3.8, 4) is 39.8 Å². The molecule has 0 bridgehead atoms. The third-order valence-corrected chi connectivity index (χ3v) is 15.3. The van der Waals surface area contributed by atoms with Crippen molar-refractivity contribution in [1.29, 1.82) is 0 Å². The van der Waals surface area contributed by atoms with Gasteiger partial charge in [0.25, 0.3) is 0 Å². The first-order chi connectivity index (χ1) is 35.3. The van der Waals surface area contributed by atoms with Crippen LogP contribution in [-0.2, 0) is 45.6 Å². The van der Waals surface area contributed by atoms with Gasteiger partial charge >= 0.3 is 12.2 Å². The second-order valence-corrected chi connectivity index (χ2v) is 23.1. The highest BCUT2D eigenvalue weighted by molar-refractivity contribution is 7.89. The molecule has 7 aromatic rings. The summed E-state index contributed by atoms with van der Waals surface area (Å²) in [5.41, 5.74) is 3.41. The van der Waals surface area contributed by atoms with Crippen molar-refractivity contribution < 1.29 is 41.7 Å². The molecule has 0 saturated carbocycles. The standard InChI is InChI=1S/C55H64N8O9S2/c1-54(2,3)71-52(64)57-51-56-48-45(11-10-12-46(48)73-51)44-28-21-40(20-13-36-29-31-61(32-30-36)53(65)72-55(4,5)6)49(47(44)50-58-60-63(59-50)35-39-18-26-43(70-9)27-19-39)74(66,67)62(33-37-14-22-41(68-7)23-15-37)34-38-16-24-42(69-8)25-17-38/h10-12,14-19,21-28,36H,13,20,29-35H2,1-9H3,(H,56,57,64). The molecule has 1 aliphatic rings. The van der Waals surface area contributed by atoms with Crippen LogP contribution in [0.15, 0.2) is 108 Å². The van der Waals surface area contributed by atoms with Crippen LogP contribution in [0.1, 0.15) is 83.1 Å². The SMILES string of the molecule is COc1ccc(CN(Cc2ccc(OC)cc2)S(=O)(=O)c2c(CCC3CCN(C(=O)OC(C)(C)C)CC3)ccc(-c3cccc4sc(NC(=O)OC(C)(C)C)nc34)c2-c2nnn(Cc3ccc(OC)cc3)n2)cc1. The van der Waals surface area contributed by atoms with Gasteiger partial charge < -0.3 is 28.6 Å². The normalized spacial score (nSPS) is 13.5. The Bertz CT molecular complexity index is 3130. The second kappa shape index (κ2) is 22.6. The second-order valence-electron chi connectivity index (χ2n) is 20.2. The van der Waals surface area contributed by atoms with E-state index in [4.69, 9.17) is 33.8 Å². The predicted molar refractivity (Wildman–Crippen MR) is 285 cm³/mol. The molecule has 19 heteroatoms. The number of hydrogen-bond acceptors (Lipinski definition) is 14. The number of methoxy groups -OCH3 is 3. The van der Waals surface area contributed by atoms with E-state index >= 15 is 8.42 Å². The fourth-order valence-electron chi connectivity index (χ4n) is 8.79. The number of piperidine rings is 1. The third kappa shape index (κ3) is 13.2. The summed E-state index contributed by atoms with van der Waals surface area (Å²) in [6.45, 7) is 12.2. The summed E-state index contributed by atoms with van der Waals surface area (Å²) in [5, 5.41) is 17.2. The number of likely N-dealkylation sites (tertiary alicyclic amines) is 1. The monoisotopic (exact) mass is 1040 g/mol. The molecule has 2 aromatic heterocycles. The highest BCUT2D eigenvalue weighted by Gasteiger charge is 2.36. The molecule has 0 unspecified atom stereocenters. The number of tetrazole rings is 1. The number of rotatable bonds is 17. The van der Waals surface area contributed by atoms with Crippen molar-refractivity contribution >= 4 is 48.9 Å². The van der Waals surface area contributed by atoms with Crippen LogP contribution >= 0.6 is 11.3 Å². The average Bonchev–Trinajstić information content (AvgIpc) is 4.01. The first-order valence-corrected chi connectivity index (χ1v) is 26.8. The van der Waals surface area contributed by atoms with E-state index in [1.54, 1.807) is 47.0 Å². The van der Waals surface area contributed by atoms with Gasteiger partial charge in [0.2, 0.25) is 15.8 Å². The Morgan fingerprint density at radius 2 is 1.30 bits per heavy atom. The van der Waals surface area contributed by atoms with Gasteiger partial charge in [0, 0.05) is 31.7 Å². The molecule has 74 heavy (non-hydrogen) atoms. The molecule has 1 N–H and O–H groups in total. The number of fused-ring (bicyclic) bond motifs is 1. The number of aromatic nitrogens is 5. The lowest BCUT2D eigenvalue weighted by Crippen LogP contribution is -2.41. The van der Waals surface area contributed by atoms with Gasteiger partial charge in [0.1, 0.15) is 28.5 Å². The summed E-state index contributed by atoms with van der Waals surface area (Å²) in [5.74, 6) is 2.24. The lowest BCUT2D eigenvalue weighted by atomic mass is 9.89. The first-order valence-electron chi connectivity index (χ1n) is 24.5. The molecular weight excluding hydrogens is 981 g/mol. The van der Waals surface area contributed by atoms with E-state index in [0.29, 0.717) is 70.5 Å². The molecule has 8 rings (SSSR count). The van der Waals surface area contributed by atoms with E-state index in [2.05, 4.69) is 15.6 Å². The van der Waals surface area contributed by atoms with Gasteiger partial charge in [-0.2, -0.15) is 9.10 Å². The Balaban J connectivity index is 1.30. The van der Waals surface area contributed by atoms with Crippen molar-refractivity contribution in [3.05, 3.63) is 125 Å². The Kier molecular flexibility index (Phi) is 16.2. The van der Waals surface area contributed by atoms with E-state index in [1.807, 2.05) is 124 Å². The minimum absolute atomic E-state index is 0.00351. The molecule has 0 radical (unpaired) electrons. The van der Waals surface area contributed by atoms with E-state index in [-0.39, 0.29) is 47.9 Å². The average molecular weight is 1050 g/mol. The quantitative estimate of drug-likeness (QED) is 0.0908. The predicted octanol–water partition coefficient (Wildman–Crippen LogP) is 11.0. The molecule has 390 valence electrons. The van der Waals surface area contributed by atoms with Gasteiger partial charge in [0.15, 0.2) is 5.13 Å². The number of anilines is 1. The number of para-hydroxylation sites is 1. The van der Waals surface area contributed by atoms with Crippen LogP contribution in [0.2, 0.25) is 0 Å². The number of hydrogen-bond donors (Lipinski definition) is 1. The van der Waals surface area contributed by atoms with Crippen LogP contribution in [0.4, 0.5) is 14.7 Å². The lowest BCUT2D eigenvalue weighted by Gasteiger charge is -2.33. The van der Waals surface area contributed by atoms with E-state index in [1.165, 1.54) is 20.4 Å². The summed E-state index contributed by atoms with van der Waals surface area (Å²) in [4.78, 5) is 34.2. The number of amides is 2. The van der Waals surface area contributed by atoms with Gasteiger partial charge in [-0.1, -0.05) is 72.0 Å². The van der Waals surface area contributed by atoms with E-state index in [0.717, 1.165) is 34.2 Å². The van der Waals surface area contributed by atoms with Crippen molar-refractivity contribution in [1.82, 2.24) is 34.4 Å². The third-order valence-electron chi connectivity index (χ3n) is 12.4. The van der Waals surface area contributed by atoms with Crippen LogP contribution in [0.3, 0.4) is 0 Å². The van der Waals surface area contributed by atoms with E-state index < -0.39 is 27.3 Å². The highest BCUT2D eigenvalue weighted by atomic mass is 32.2. The Labute approximate surface area is 436 Å². The van der Waals surface area contributed by atoms with Crippen LogP contribution < -0.4 is 19.5 Å². The molecule has 2 amide bonds. The summed E-state index contributed by atoms with van der Waals surface area (Å²) < 4.78 is 62.6. The molecule has 1 saturated heterocycles. The first kappa shape index (κ1) is 53.2. The van der Waals surface area contributed by atoms with Crippen molar-refractivity contribution in [2.75, 3.05) is 39.7 Å². The van der Waals surface area contributed by atoms with Crippen molar-refractivity contribution in [2.24, 2.45) is 5.92 Å². The zero-order chi connectivity index (χ0) is 52.8. The van der Waals surface area contributed by atoms with Gasteiger partial charge in [-0.15, -0.1) is 10.2 Å². The number of aryl methyl sites for hydroxylation is 1. The number of sulfonamides is 1. The molecule has 5 aromatic carbocycles. The maximum atomic E-state index is 16.4. The number of nitrogens with zero attached hydrogens (tertiary/aromatic N) is 7. The molecule has 0 aliphatic carbocycles.